The summed E-state index contributed by atoms with van der Waals surface area (Å²) >= 11 is 0. The van der Waals surface area contributed by atoms with Crippen molar-refractivity contribution in [1.82, 2.24) is 14.9 Å². The lowest BCUT2D eigenvalue weighted by molar-refractivity contribution is 0.102. The van der Waals surface area contributed by atoms with Crippen LogP contribution in [0.2, 0.25) is 0 Å². The normalized spacial score (nSPS) is 15.2. The molecule has 0 spiro atoms. The molecule has 1 saturated heterocycles. The molecule has 3 rings (SSSR count). The summed E-state index contributed by atoms with van der Waals surface area (Å²) in [5, 5.41) is 2.43. The lowest BCUT2D eigenvalue weighted by atomic mass is 10.2. The summed E-state index contributed by atoms with van der Waals surface area (Å²) in [6.45, 7) is 8.34. The van der Waals surface area contributed by atoms with E-state index in [9.17, 15) is 13.6 Å². The minimum atomic E-state index is -0.833. The van der Waals surface area contributed by atoms with Crippen LogP contribution in [0.4, 0.5) is 20.3 Å². The standard InChI is InChI=1S/C18H21F2N5O/c1-3-24-6-8-25(9-7-24)17-11-16(21-12(2)22-17)18(26)23-15-5-4-13(19)10-14(15)20/h4-5,10-11H,3,6-9H2,1-2H3,(H,23,26). The van der Waals surface area contributed by atoms with Gasteiger partial charge in [-0.3, -0.25) is 4.79 Å². The molecular formula is C18H21F2N5O. The third-order valence-electron chi connectivity index (χ3n) is 4.38. The number of nitrogens with one attached hydrogen (secondary N) is 1. The van der Waals surface area contributed by atoms with Gasteiger partial charge in [0.15, 0.2) is 0 Å². The lowest BCUT2D eigenvalue weighted by Crippen LogP contribution is -2.46. The van der Waals surface area contributed by atoms with Crippen molar-refractivity contribution < 1.29 is 13.6 Å². The maximum absolute atomic E-state index is 13.7. The second kappa shape index (κ2) is 7.74. The number of halogens is 2. The summed E-state index contributed by atoms with van der Waals surface area (Å²) in [6.07, 6.45) is 0. The van der Waals surface area contributed by atoms with Crippen LogP contribution < -0.4 is 10.2 Å². The van der Waals surface area contributed by atoms with Crippen molar-refractivity contribution in [1.29, 1.82) is 0 Å². The molecule has 8 heteroatoms. The summed E-state index contributed by atoms with van der Waals surface area (Å²) < 4.78 is 26.7. The maximum atomic E-state index is 13.7. The van der Waals surface area contributed by atoms with Crippen LogP contribution in [0.15, 0.2) is 24.3 Å². The van der Waals surface area contributed by atoms with E-state index in [4.69, 9.17) is 0 Å². The monoisotopic (exact) mass is 361 g/mol. The van der Waals surface area contributed by atoms with Crippen LogP contribution in [0.1, 0.15) is 23.2 Å². The quantitative estimate of drug-likeness (QED) is 0.906. The highest BCUT2D eigenvalue weighted by atomic mass is 19.1. The first kappa shape index (κ1) is 18.2. The number of anilines is 2. The Labute approximate surface area is 150 Å². The number of rotatable bonds is 4. The van der Waals surface area contributed by atoms with E-state index in [2.05, 4.69) is 32.0 Å². The van der Waals surface area contributed by atoms with Crippen molar-refractivity contribution in [3.8, 4) is 0 Å². The van der Waals surface area contributed by atoms with Crippen molar-refractivity contribution in [2.45, 2.75) is 13.8 Å². The van der Waals surface area contributed by atoms with Crippen LogP contribution in [-0.2, 0) is 0 Å². The zero-order valence-electron chi connectivity index (χ0n) is 14.8. The number of nitrogens with zero attached hydrogens (tertiary/aromatic N) is 4. The predicted molar refractivity (Wildman–Crippen MR) is 95.4 cm³/mol. The molecule has 0 radical (unpaired) electrons. The van der Waals surface area contributed by atoms with E-state index in [0.29, 0.717) is 11.6 Å². The van der Waals surface area contributed by atoms with E-state index in [-0.39, 0.29) is 11.4 Å². The van der Waals surface area contributed by atoms with Gasteiger partial charge >= 0.3 is 0 Å². The molecule has 2 heterocycles. The summed E-state index contributed by atoms with van der Waals surface area (Å²) in [6, 6.07) is 4.59. The van der Waals surface area contributed by atoms with E-state index in [1.807, 2.05) is 0 Å². The van der Waals surface area contributed by atoms with E-state index in [1.54, 1.807) is 13.0 Å². The fourth-order valence-corrected chi connectivity index (χ4v) is 2.90. The largest absolute Gasteiger partial charge is 0.354 e. The van der Waals surface area contributed by atoms with Gasteiger partial charge in [0.2, 0.25) is 0 Å². The molecule has 0 saturated carbocycles. The highest BCUT2D eigenvalue weighted by Crippen LogP contribution is 2.18. The van der Waals surface area contributed by atoms with Crippen molar-refractivity contribution in [2.24, 2.45) is 0 Å². The van der Waals surface area contributed by atoms with Gasteiger partial charge in [-0.15, -0.1) is 0 Å². The third kappa shape index (κ3) is 4.13. The molecule has 138 valence electrons. The molecule has 1 aromatic carbocycles. The number of hydrogen-bond donors (Lipinski definition) is 1. The van der Waals surface area contributed by atoms with Crippen molar-refractivity contribution >= 4 is 17.4 Å². The number of aromatic nitrogens is 2. The number of carbonyl (C=O) groups excluding carboxylic acids is 1. The van der Waals surface area contributed by atoms with Gasteiger partial charge in [0, 0.05) is 38.3 Å². The van der Waals surface area contributed by atoms with E-state index < -0.39 is 17.5 Å². The van der Waals surface area contributed by atoms with Crippen LogP contribution in [-0.4, -0.2) is 53.5 Å². The Morgan fingerprint density at radius 1 is 1.15 bits per heavy atom. The minimum Gasteiger partial charge on any atom is -0.354 e. The van der Waals surface area contributed by atoms with Crippen LogP contribution in [0, 0.1) is 18.6 Å². The first-order valence-corrected chi connectivity index (χ1v) is 8.55. The van der Waals surface area contributed by atoms with Gasteiger partial charge in [-0.05, 0) is 25.6 Å². The number of benzene rings is 1. The minimum absolute atomic E-state index is 0.0919. The molecular weight excluding hydrogens is 340 g/mol. The van der Waals surface area contributed by atoms with Crippen molar-refractivity contribution in [3.05, 3.63) is 47.4 Å². The topological polar surface area (TPSA) is 61.4 Å². The third-order valence-corrected chi connectivity index (χ3v) is 4.38. The summed E-state index contributed by atoms with van der Waals surface area (Å²) in [4.78, 5) is 25.5. The van der Waals surface area contributed by atoms with Crippen LogP contribution in [0.5, 0.6) is 0 Å². The number of likely N-dealkylation sites (N-methyl/N-ethyl adjacent to an activating group) is 1. The molecule has 1 aromatic heterocycles. The van der Waals surface area contributed by atoms with Gasteiger partial charge in [0.25, 0.3) is 5.91 Å². The average molecular weight is 361 g/mol. The summed E-state index contributed by atoms with van der Waals surface area (Å²) in [7, 11) is 0. The van der Waals surface area contributed by atoms with Gasteiger partial charge in [-0.1, -0.05) is 6.92 Å². The number of hydrogen-bond acceptors (Lipinski definition) is 5. The van der Waals surface area contributed by atoms with E-state index in [1.165, 1.54) is 6.07 Å². The molecule has 1 aliphatic heterocycles. The van der Waals surface area contributed by atoms with E-state index >= 15 is 0 Å². The molecule has 6 nitrogen and oxygen atoms in total. The predicted octanol–water partition coefficient (Wildman–Crippen LogP) is 2.46. The first-order chi connectivity index (χ1) is 12.5. The number of amides is 1. The number of aryl methyl sites for hydroxylation is 1. The summed E-state index contributed by atoms with van der Waals surface area (Å²) in [5.74, 6) is -0.954. The Bertz CT molecular complexity index is 806. The zero-order chi connectivity index (χ0) is 18.7. The molecule has 1 amide bonds. The molecule has 0 aliphatic carbocycles. The Hall–Kier alpha value is -2.61. The van der Waals surface area contributed by atoms with Gasteiger partial charge in [-0.2, -0.15) is 0 Å². The van der Waals surface area contributed by atoms with Crippen molar-refractivity contribution in [2.75, 3.05) is 42.9 Å². The number of piperazine rings is 1. The smallest absolute Gasteiger partial charge is 0.274 e. The van der Waals surface area contributed by atoms with Gasteiger partial charge < -0.3 is 15.1 Å². The van der Waals surface area contributed by atoms with Gasteiger partial charge in [-0.25, -0.2) is 18.7 Å². The van der Waals surface area contributed by atoms with Crippen LogP contribution in [0.3, 0.4) is 0 Å². The van der Waals surface area contributed by atoms with Crippen LogP contribution >= 0.6 is 0 Å². The van der Waals surface area contributed by atoms with Gasteiger partial charge in [0.1, 0.15) is 29.0 Å². The molecule has 2 aromatic rings. The highest BCUT2D eigenvalue weighted by Gasteiger charge is 2.20. The zero-order valence-corrected chi connectivity index (χ0v) is 14.8. The fourth-order valence-electron chi connectivity index (χ4n) is 2.90. The molecule has 26 heavy (non-hydrogen) atoms. The summed E-state index contributed by atoms with van der Waals surface area (Å²) in [5.41, 5.74) is 0.0555. The second-order valence-corrected chi connectivity index (χ2v) is 6.16. The SMILES string of the molecule is CCN1CCN(c2cc(C(=O)Nc3ccc(F)cc3F)nc(C)n2)CC1. The average Bonchev–Trinajstić information content (AvgIpc) is 2.63. The Balaban J connectivity index is 1.77. The molecule has 0 atom stereocenters. The second-order valence-electron chi connectivity index (χ2n) is 6.16. The molecule has 1 fully saturated rings. The highest BCUT2D eigenvalue weighted by molar-refractivity contribution is 6.03. The Morgan fingerprint density at radius 3 is 2.54 bits per heavy atom. The molecule has 0 unspecified atom stereocenters. The Kier molecular flexibility index (Phi) is 5.41. The molecule has 1 aliphatic rings. The number of carbonyl (C=O) groups is 1. The molecule has 1 N–H and O–H groups in total. The fraction of sp³-hybridized carbons (Fsp3) is 0.389. The van der Waals surface area contributed by atoms with Crippen molar-refractivity contribution in [3.63, 3.8) is 0 Å². The van der Waals surface area contributed by atoms with Crippen LogP contribution in [0.25, 0.3) is 0 Å². The molecule has 0 bridgehead atoms. The maximum Gasteiger partial charge on any atom is 0.274 e. The van der Waals surface area contributed by atoms with Gasteiger partial charge in [0.05, 0.1) is 5.69 Å². The lowest BCUT2D eigenvalue weighted by Gasteiger charge is -2.34. The Morgan fingerprint density at radius 2 is 1.88 bits per heavy atom. The van der Waals surface area contributed by atoms with E-state index in [0.717, 1.165) is 44.9 Å². The first-order valence-electron chi connectivity index (χ1n) is 8.55.